The van der Waals surface area contributed by atoms with Crippen molar-refractivity contribution in [2.45, 2.75) is 65.0 Å². The molecule has 1 saturated heterocycles. The number of rotatable bonds is 6. The van der Waals surface area contributed by atoms with Crippen molar-refractivity contribution in [1.29, 1.82) is 0 Å². The van der Waals surface area contributed by atoms with Crippen molar-refractivity contribution >= 4 is 9.04 Å². The molecule has 0 radical (unpaired) electrons. The molecule has 2 heterocycles. The largest absolute Gasteiger partial charge is 0.417 e. The Morgan fingerprint density at radius 2 is 2.17 bits per heavy atom. The molecule has 0 bridgehead atoms. The van der Waals surface area contributed by atoms with Gasteiger partial charge in [0.05, 0.1) is 24.9 Å². The second-order valence-electron chi connectivity index (χ2n) is 8.01. The molecule has 0 amide bonds. The van der Waals surface area contributed by atoms with E-state index in [9.17, 15) is 5.11 Å². The van der Waals surface area contributed by atoms with Gasteiger partial charge in [-0.2, -0.15) is 0 Å². The summed E-state index contributed by atoms with van der Waals surface area (Å²) >= 11 is 0. The first-order valence-corrected chi connectivity index (χ1v) is 11.4. The molecular formula is C18H31NO3Si. The summed E-state index contributed by atoms with van der Waals surface area (Å²) in [7, 11) is -1.20. The Bertz CT molecular complexity index is 475. The maximum absolute atomic E-state index is 10.5. The van der Waals surface area contributed by atoms with Crippen molar-refractivity contribution < 1.29 is 14.3 Å². The molecule has 1 aliphatic heterocycles. The minimum absolute atomic E-state index is 0.0172. The predicted octanol–water partition coefficient (Wildman–Crippen LogP) is 3.32. The summed E-state index contributed by atoms with van der Waals surface area (Å²) in [6.45, 7) is 11.5. The molecule has 5 heteroatoms. The monoisotopic (exact) mass is 337 g/mol. The normalized spacial score (nSPS) is 26.7. The molecule has 1 aromatic rings. The zero-order valence-electron chi connectivity index (χ0n) is 15.0. The summed E-state index contributed by atoms with van der Waals surface area (Å²) in [6.07, 6.45) is 5.07. The van der Waals surface area contributed by atoms with E-state index in [0.717, 1.165) is 18.4 Å². The van der Waals surface area contributed by atoms with Gasteiger partial charge in [0.2, 0.25) is 0 Å². The van der Waals surface area contributed by atoms with Crippen LogP contribution in [0.4, 0.5) is 0 Å². The molecule has 0 spiro atoms. The summed E-state index contributed by atoms with van der Waals surface area (Å²) in [5, 5.41) is 10.5. The van der Waals surface area contributed by atoms with E-state index in [1.165, 1.54) is 0 Å². The van der Waals surface area contributed by atoms with E-state index < -0.39 is 15.1 Å². The maximum atomic E-state index is 10.5. The molecule has 1 aliphatic rings. The van der Waals surface area contributed by atoms with Gasteiger partial charge in [-0.25, -0.2) is 0 Å². The number of hydrogen-bond donors (Lipinski definition) is 1. The van der Waals surface area contributed by atoms with Crippen molar-refractivity contribution in [1.82, 2.24) is 4.98 Å². The molecule has 0 saturated carbocycles. The highest BCUT2D eigenvalue weighted by Gasteiger charge is 2.43. The van der Waals surface area contributed by atoms with Crippen LogP contribution in [-0.2, 0) is 9.16 Å². The SMILES string of the molecule is C[SiH](C)OC(CCC(C)(C)C)[C@H]1[C@@H](O)CO[C@H]1c1cccnc1. The minimum Gasteiger partial charge on any atom is -0.417 e. The van der Waals surface area contributed by atoms with E-state index in [2.05, 4.69) is 38.8 Å². The van der Waals surface area contributed by atoms with E-state index in [0.29, 0.717) is 6.61 Å². The zero-order chi connectivity index (χ0) is 17.0. The fourth-order valence-electron chi connectivity index (χ4n) is 3.21. The lowest BCUT2D eigenvalue weighted by atomic mass is 9.82. The van der Waals surface area contributed by atoms with Crippen LogP contribution < -0.4 is 0 Å². The van der Waals surface area contributed by atoms with Crippen molar-refractivity contribution in [2.24, 2.45) is 11.3 Å². The first-order valence-electron chi connectivity index (χ1n) is 8.63. The molecule has 0 aromatic carbocycles. The predicted molar refractivity (Wildman–Crippen MR) is 94.9 cm³/mol. The third kappa shape index (κ3) is 5.38. The molecule has 2 rings (SSSR count). The second-order valence-corrected chi connectivity index (χ2v) is 10.4. The quantitative estimate of drug-likeness (QED) is 0.809. The number of aliphatic hydroxyl groups excluding tert-OH is 1. The highest BCUT2D eigenvalue weighted by molar-refractivity contribution is 6.48. The van der Waals surface area contributed by atoms with Crippen LogP contribution in [0.15, 0.2) is 24.5 Å². The van der Waals surface area contributed by atoms with Crippen molar-refractivity contribution in [3.8, 4) is 0 Å². The van der Waals surface area contributed by atoms with Gasteiger partial charge in [0.1, 0.15) is 0 Å². The van der Waals surface area contributed by atoms with Crippen LogP contribution in [0.2, 0.25) is 13.1 Å². The maximum Gasteiger partial charge on any atom is 0.171 e. The van der Waals surface area contributed by atoms with Gasteiger partial charge in [-0.15, -0.1) is 0 Å². The third-order valence-corrected chi connectivity index (χ3v) is 5.20. The standard InChI is InChI=1S/C18H31NO3Si/c1-18(2,3)9-8-15(22-23(4)5)16-14(20)12-21-17(16)13-7-6-10-19-11-13/h6-7,10-11,14-17,20,23H,8-9,12H2,1-5H3/t14-,15?,16+,17-/m0/s1. The van der Waals surface area contributed by atoms with Crippen LogP contribution in [-0.4, -0.2) is 37.9 Å². The van der Waals surface area contributed by atoms with E-state index in [1.807, 2.05) is 18.3 Å². The fraction of sp³-hybridized carbons (Fsp3) is 0.722. The molecule has 4 atom stereocenters. The van der Waals surface area contributed by atoms with E-state index in [1.54, 1.807) is 6.20 Å². The van der Waals surface area contributed by atoms with E-state index >= 15 is 0 Å². The average Bonchev–Trinajstić information content (AvgIpc) is 2.85. The van der Waals surface area contributed by atoms with Gasteiger partial charge < -0.3 is 14.3 Å². The summed E-state index contributed by atoms with van der Waals surface area (Å²) < 4.78 is 12.2. The number of aromatic nitrogens is 1. The van der Waals surface area contributed by atoms with Crippen molar-refractivity contribution in [2.75, 3.05) is 6.61 Å². The molecule has 4 nitrogen and oxygen atoms in total. The number of aliphatic hydroxyl groups is 1. The van der Waals surface area contributed by atoms with Gasteiger partial charge in [-0.1, -0.05) is 26.8 Å². The highest BCUT2D eigenvalue weighted by atomic mass is 28.3. The topological polar surface area (TPSA) is 51.6 Å². The van der Waals surface area contributed by atoms with E-state index in [4.69, 9.17) is 9.16 Å². The molecule has 23 heavy (non-hydrogen) atoms. The first-order chi connectivity index (χ1) is 10.8. The molecule has 1 aromatic heterocycles. The Balaban J connectivity index is 2.19. The molecule has 1 unspecified atom stereocenters. The number of pyridine rings is 1. The van der Waals surface area contributed by atoms with Crippen LogP contribution in [0.25, 0.3) is 0 Å². The molecule has 130 valence electrons. The minimum atomic E-state index is -1.20. The van der Waals surface area contributed by atoms with Crippen LogP contribution in [0, 0.1) is 11.3 Å². The first kappa shape index (κ1) is 18.6. The van der Waals surface area contributed by atoms with Crippen LogP contribution in [0.5, 0.6) is 0 Å². The summed E-state index contributed by atoms with van der Waals surface area (Å²) in [5.74, 6) is -0.0172. The Morgan fingerprint density at radius 3 is 2.74 bits per heavy atom. The van der Waals surface area contributed by atoms with Crippen molar-refractivity contribution in [3.05, 3.63) is 30.1 Å². The van der Waals surface area contributed by atoms with Crippen molar-refractivity contribution in [3.63, 3.8) is 0 Å². The van der Waals surface area contributed by atoms with Crippen LogP contribution in [0.1, 0.15) is 45.3 Å². The Morgan fingerprint density at radius 1 is 1.43 bits per heavy atom. The van der Waals surface area contributed by atoms with Gasteiger partial charge in [-0.3, -0.25) is 4.98 Å². The smallest absolute Gasteiger partial charge is 0.171 e. The number of hydrogen-bond acceptors (Lipinski definition) is 4. The Kier molecular flexibility index (Phi) is 6.37. The van der Waals surface area contributed by atoms with Gasteiger partial charge in [0, 0.05) is 18.3 Å². The lowest BCUT2D eigenvalue weighted by Gasteiger charge is -2.33. The number of ether oxygens (including phenoxy) is 1. The molecule has 0 aliphatic carbocycles. The average molecular weight is 338 g/mol. The lowest BCUT2D eigenvalue weighted by Crippen LogP contribution is -2.37. The second kappa shape index (κ2) is 7.88. The summed E-state index contributed by atoms with van der Waals surface area (Å²) in [5.41, 5.74) is 1.29. The van der Waals surface area contributed by atoms with Gasteiger partial charge in [-0.05, 0) is 43.0 Å². The van der Waals surface area contributed by atoms with Crippen LogP contribution in [0.3, 0.4) is 0 Å². The van der Waals surface area contributed by atoms with Gasteiger partial charge >= 0.3 is 0 Å². The lowest BCUT2D eigenvalue weighted by molar-refractivity contribution is 0.0175. The fourth-order valence-corrected chi connectivity index (χ4v) is 4.22. The van der Waals surface area contributed by atoms with E-state index in [-0.39, 0.29) is 23.5 Å². The van der Waals surface area contributed by atoms with Gasteiger partial charge in [0.15, 0.2) is 9.04 Å². The zero-order valence-corrected chi connectivity index (χ0v) is 16.2. The third-order valence-electron chi connectivity index (χ3n) is 4.31. The molecular weight excluding hydrogens is 306 g/mol. The van der Waals surface area contributed by atoms with Gasteiger partial charge in [0.25, 0.3) is 0 Å². The Hall–Kier alpha value is -0.753. The highest BCUT2D eigenvalue weighted by Crippen LogP contribution is 2.40. The molecule has 1 N–H and O–H groups in total. The Labute approximate surface area is 142 Å². The summed E-state index contributed by atoms with van der Waals surface area (Å²) in [6, 6.07) is 3.94. The van der Waals surface area contributed by atoms with Crippen LogP contribution >= 0.6 is 0 Å². The molecule has 1 fully saturated rings. The summed E-state index contributed by atoms with van der Waals surface area (Å²) in [4.78, 5) is 4.20. The number of nitrogens with zero attached hydrogens (tertiary/aromatic N) is 1.